The van der Waals surface area contributed by atoms with E-state index in [1.54, 1.807) is 20.8 Å². The van der Waals surface area contributed by atoms with Crippen molar-refractivity contribution in [2.24, 2.45) is 0 Å². The molecule has 1 saturated heterocycles. The second-order valence-electron chi connectivity index (χ2n) is 5.23. The van der Waals surface area contributed by atoms with Gasteiger partial charge in [-0.15, -0.1) is 0 Å². The smallest absolute Gasteiger partial charge is 0.407 e. The van der Waals surface area contributed by atoms with Crippen molar-refractivity contribution in [1.82, 2.24) is 9.62 Å². The highest BCUT2D eigenvalue weighted by Crippen LogP contribution is 2.21. The van der Waals surface area contributed by atoms with E-state index in [1.165, 1.54) is 0 Å². The molecule has 18 heavy (non-hydrogen) atoms. The molecule has 106 valence electrons. The molecule has 8 heteroatoms. The van der Waals surface area contributed by atoms with Gasteiger partial charge in [-0.25, -0.2) is 4.79 Å². The van der Waals surface area contributed by atoms with Crippen molar-refractivity contribution in [3.63, 3.8) is 0 Å². The van der Waals surface area contributed by atoms with E-state index in [2.05, 4.69) is 5.32 Å². The van der Waals surface area contributed by atoms with Crippen LogP contribution >= 0.6 is 0 Å². The van der Waals surface area contributed by atoms with Crippen LogP contribution in [0.2, 0.25) is 0 Å². The van der Waals surface area contributed by atoms with Gasteiger partial charge in [-0.3, -0.25) is 0 Å². The molecule has 1 atom stereocenters. The van der Waals surface area contributed by atoms with Crippen molar-refractivity contribution in [2.45, 2.75) is 45.3 Å². The summed E-state index contributed by atoms with van der Waals surface area (Å²) in [4.78, 5) is 11.4. The van der Waals surface area contributed by atoms with E-state index in [4.69, 9.17) is 4.74 Å². The second-order valence-corrected chi connectivity index (χ2v) is 6.52. The van der Waals surface area contributed by atoms with Crippen LogP contribution in [-0.4, -0.2) is 43.5 Å². The summed E-state index contributed by atoms with van der Waals surface area (Å²) in [5, 5.41) is 2.45. The van der Waals surface area contributed by atoms with Crippen molar-refractivity contribution in [2.75, 3.05) is 13.1 Å². The summed E-state index contributed by atoms with van der Waals surface area (Å²) in [6, 6.07) is -0.535. The van der Waals surface area contributed by atoms with Gasteiger partial charge in [0.05, 0.1) is 0 Å². The molecule has 1 heterocycles. The number of hydrogen-bond acceptors (Lipinski definition) is 4. The van der Waals surface area contributed by atoms with Crippen LogP contribution in [-0.2, 0) is 15.1 Å². The minimum Gasteiger partial charge on any atom is -0.444 e. The summed E-state index contributed by atoms with van der Waals surface area (Å²) in [6.07, 6.45) is 0.480. The lowest BCUT2D eigenvalue weighted by Crippen LogP contribution is -2.43. The van der Waals surface area contributed by atoms with Gasteiger partial charge in [-0.2, -0.15) is 12.7 Å². The number of nitrogens with zero attached hydrogens (tertiary/aromatic N) is 1. The molecule has 1 N–H and O–H groups in total. The zero-order valence-corrected chi connectivity index (χ0v) is 11.6. The topological polar surface area (TPSA) is 75.7 Å². The van der Waals surface area contributed by atoms with Crippen LogP contribution in [0.15, 0.2) is 0 Å². The summed E-state index contributed by atoms with van der Waals surface area (Å²) in [5.41, 5.74) is -0.619. The minimum absolute atomic E-state index is 0.0536. The maximum Gasteiger partial charge on any atom is 0.407 e. The van der Waals surface area contributed by atoms with Gasteiger partial charge in [0.1, 0.15) is 5.60 Å². The first-order valence-electron chi connectivity index (χ1n) is 5.78. The molecule has 0 saturated carbocycles. The van der Waals surface area contributed by atoms with Crippen LogP contribution < -0.4 is 5.32 Å². The molecule has 1 aliphatic heterocycles. The van der Waals surface area contributed by atoms with E-state index in [0.717, 1.165) is 4.31 Å². The predicted molar refractivity (Wildman–Crippen MR) is 64.0 cm³/mol. The highest BCUT2D eigenvalue weighted by Gasteiger charge is 2.34. The van der Waals surface area contributed by atoms with Crippen LogP contribution in [0.4, 0.5) is 8.68 Å². The fourth-order valence-corrected chi connectivity index (χ4v) is 2.70. The Balaban J connectivity index is 2.46. The molecular formula is C10H19FN2O4S. The Morgan fingerprint density at radius 3 is 2.61 bits per heavy atom. The zero-order valence-electron chi connectivity index (χ0n) is 10.8. The zero-order chi connectivity index (χ0) is 14.0. The number of nitrogens with one attached hydrogen (secondary N) is 1. The molecule has 1 aliphatic rings. The third kappa shape index (κ3) is 4.77. The number of carbonyl (C=O) groups is 1. The van der Waals surface area contributed by atoms with Gasteiger partial charge in [0.15, 0.2) is 0 Å². The molecule has 6 nitrogen and oxygen atoms in total. The summed E-state index contributed by atoms with van der Waals surface area (Å²) in [5.74, 6) is 0. The second kappa shape index (κ2) is 5.40. The molecule has 0 unspecified atom stereocenters. The minimum atomic E-state index is -4.69. The van der Waals surface area contributed by atoms with Crippen LogP contribution in [0.1, 0.15) is 33.6 Å². The molecule has 0 aromatic heterocycles. The van der Waals surface area contributed by atoms with Gasteiger partial charge in [0.2, 0.25) is 0 Å². The number of alkyl carbamates (subject to hydrolysis) is 1. The third-order valence-corrected chi connectivity index (χ3v) is 3.53. The highest BCUT2D eigenvalue weighted by atomic mass is 32.3. The van der Waals surface area contributed by atoms with Gasteiger partial charge in [0, 0.05) is 19.1 Å². The van der Waals surface area contributed by atoms with E-state index in [1.807, 2.05) is 0 Å². The van der Waals surface area contributed by atoms with Gasteiger partial charge in [-0.1, -0.05) is 3.89 Å². The average Bonchev–Trinajstić information content (AvgIpc) is 2.58. The van der Waals surface area contributed by atoms with Gasteiger partial charge >= 0.3 is 16.5 Å². The SMILES string of the molecule is CC(C)(C)OC(=O)NC[C@@H]1CCCN1S(=O)(=O)F. The van der Waals surface area contributed by atoms with Crippen LogP contribution in [0.3, 0.4) is 0 Å². The lowest BCUT2D eigenvalue weighted by atomic mass is 10.2. The summed E-state index contributed by atoms with van der Waals surface area (Å²) in [7, 11) is -4.69. The molecule has 0 aliphatic carbocycles. The number of carbonyl (C=O) groups excluding carboxylic acids is 1. The normalized spacial score (nSPS) is 21.9. The Bertz CT molecular complexity index is 405. The van der Waals surface area contributed by atoms with Gasteiger partial charge in [-0.05, 0) is 33.6 Å². The quantitative estimate of drug-likeness (QED) is 0.789. The molecule has 0 aromatic rings. The maximum absolute atomic E-state index is 12.9. The van der Waals surface area contributed by atoms with E-state index >= 15 is 0 Å². The van der Waals surface area contributed by atoms with Crippen molar-refractivity contribution in [3.8, 4) is 0 Å². The molecule has 1 amide bonds. The third-order valence-electron chi connectivity index (χ3n) is 2.48. The molecule has 0 bridgehead atoms. The fourth-order valence-electron chi connectivity index (χ4n) is 1.82. The largest absolute Gasteiger partial charge is 0.444 e. The van der Waals surface area contributed by atoms with Gasteiger partial charge in [0.25, 0.3) is 0 Å². The van der Waals surface area contributed by atoms with Crippen molar-refractivity contribution in [1.29, 1.82) is 0 Å². The Labute approximate surface area is 107 Å². The van der Waals surface area contributed by atoms with E-state index in [0.29, 0.717) is 12.8 Å². The first-order chi connectivity index (χ1) is 8.09. The van der Waals surface area contributed by atoms with E-state index in [9.17, 15) is 17.1 Å². The molecule has 0 aromatic carbocycles. The monoisotopic (exact) mass is 282 g/mol. The van der Waals surface area contributed by atoms with E-state index in [-0.39, 0.29) is 13.1 Å². The van der Waals surface area contributed by atoms with Crippen LogP contribution in [0, 0.1) is 0 Å². The number of halogens is 1. The fraction of sp³-hybridized carbons (Fsp3) is 0.900. The molecule has 0 spiro atoms. The molecule has 0 radical (unpaired) electrons. The Morgan fingerprint density at radius 2 is 2.11 bits per heavy atom. The number of ether oxygens (including phenoxy) is 1. The first-order valence-corrected chi connectivity index (χ1v) is 7.12. The summed E-state index contributed by atoms with van der Waals surface area (Å²) in [6.45, 7) is 5.37. The maximum atomic E-state index is 12.9. The van der Waals surface area contributed by atoms with Crippen LogP contribution in [0.25, 0.3) is 0 Å². The number of hydrogen-bond donors (Lipinski definition) is 1. The number of rotatable bonds is 3. The number of amides is 1. The summed E-state index contributed by atoms with van der Waals surface area (Å²) >= 11 is 0. The lowest BCUT2D eigenvalue weighted by molar-refractivity contribution is 0.0519. The molecular weight excluding hydrogens is 263 g/mol. The van der Waals surface area contributed by atoms with Crippen molar-refractivity contribution in [3.05, 3.63) is 0 Å². The van der Waals surface area contributed by atoms with Crippen molar-refractivity contribution >= 4 is 16.5 Å². The predicted octanol–water partition coefficient (Wildman–Crippen LogP) is 1.19. The Hall–Kier alpha value is -0.890. The van der Waals surface area contributed by atoms with E-state index < -0.39 is 28.1 Å². The first kappa shape index (κ1) is 15.2. The lowest BCUT2D eigenvalue weighted by Gasteiger charge is -2.23. The van der Waals surface area contributed by atoms with Crippen LogP contribution in [0.5, 0.6) is 0 Å². The van der Waals surface area contributed by atoms with Crippen molar-refractivity contribution < 1.29 is 21.8 Å². The Kier molecular flexibility index (Phi) is 4.55. The molecule has 1 fully saturated rings. The standard InChI is InChI=1S/C10H19FN2O4S/c1-10(2,3)17-9(14)12-7-8-5-4-6-13(8)18(11,15)16/h8H,4-7H2,1-3H3,(H,12,14)/t8-/m0/s1. The summed E-state index contributed by atoms with van der Waals surface area (Å²) < 4.78 is 40.3. The average molecular weight is 282 g/mol. The molecule has 1 rings (SSSR count). The Morgan fingerprint density at radius 1 is 1.50 bits per heavy atom. The highest BCUT2D eigenvalue weighted by molar-refractivity contribution is 7.84. The van der Waals surface area contributed by atoms with Gasteiger partial charge < -0.3 is 10.1 Å².